The van der Waals surface area contributed by atoms with Crippen molar-refractivity contribution in [3.05, 3.63) is 166 Å². The maximum atomic E-state index is 14.6. The van der Waals surface area contributed by atoms with E-state index in [1.807, 2.05) is 125 Å². The topological polar surface area (TPSA) is 77.5 Å². The van der Waals surface area contributed by atoms with Gasteiger partial charge in [-0.25, -0.2) is 0 Å². The summed E-state index contributed by atoms with van der Waals surface area (Å²) in [5.74, 6) is 1.07. The first-order valence-corrected chi connectivity index (χ1v) is 17.5. The predicted octanol–water partition coefficient (Wildman–Crippen LogP) is 8.14. The first kappa shape index (κ1) is 34.0. The molecule has 0 saturated carbocycles. The van der Waals surface area contributed by atoms with Crippen LogP contribution in [0.1, 0.15) is 67.8 Å². The standard InChI is InChI=1S/C43H42N2O6/c46-42(44(26-32-12-4-1-5-13-32)27-33-14-6-2-7-15-33)36-20-21-38(37(25-36)30-49-41-18-10-11-23-48-41)43(47)45(28-34-16-8-3-9-17-34)29-35-19-22-39-40(24-35)51-31-50-39/h1-9,12-17,19-22,24-25,41H,10-11,18,23,26-31H2. The second-order valence-electron chi connectivity index (χ2n) is 12.9. The lowest BCUT2D eigenvalue weighted by Crippen LogP contribution is -2.32. The van der Waals surface area contributed by atoms with Gasteiger partial charge in [-0.05, 0) is 77.4 Å². The minimum atomic E-state index is -0.359. The molecule has 0 aromatic heterocycles. The second-order valence-corrected chi connectivity index (χ2v) is 12.9. The van der Waals surface area contributed by atoms with E-state index in [-0.39, 0.29) is 31.5 Å². The molecule has 2 aliphatic heterocycles. The Morgan fingerprint density at radius 2 is 1.20 bits per heavy atom. The molecule has 7 rings (SSSR count). The van der Waals surface area contributed by atoms with E-state index in [0.29, 0.717) is 61.0 Å². The van der Waals surface area contributed by atoms with E-state index in [1.54, 1.807) is 12.1 Å². The molecule has 8 heteroatoms. The number of ether oxygens (including phenoxy) is 4. The Morgan fingerprint density at radius 3 is 1.80 bits per heavy atom. The van der Waals surface area contributed by atoms with E-state index in [4.69, 9.17) is 18.9 Å². The summed E-state index contributed by atoms with van der Waals surface area (Å²) in [6.07, 6.45) is 2.44. The molecule has 2 heterocycles. The third-order valence-electron chi connectivity index (χ3n) is 9.18. The van der Waals surface area contributed by atoms with E-state index in [2.05, 4.69) is 0 Å². The molecule has 5 aromatic carbocycles. The number of hydrogen-bond acceptors (Lipinski definition) is 6. The molecule has 8 nitrogen and oxygen atoms in total. The number of amides is 2. The van der Waals surface area contributed by atoms with Gasteiger partial charge in [0.2, 0.25) is 6.79 Å². The fourth-order valence-electron chi connectivity index (χ4n) is 6.50. The maximum Gasteiger partial charge on any atom is 0.254 e. The van der Waals surface area contributed by atoms with Crippen LogP contribution in [0, 0.1) is 0 Å². The van der Waals surface area contributed by atoms with Gasteiger partial charge in [-0.15, -0.1) is 0 Å². The Bertz CT molecular complexity index is 1870. The number of carbonyl (C=O) groups excluding carboxylic acids is 2. The highest BCUT2D eigenvalue weighted by molar-refractivity contribution is 5.99. The van der Waals surface area contributed by atoms with Crippen molar-refractivity contribution in [1.29, 1.82) is 0 Å². The molecule has 1 unspecified atom stereocenters. The van der Waals surface area contributed by atoms with Crippen LogP contribution in [0.3, 0.4) is 0 Å². The van der Waals surface area contributed by atoms with Crippen LogP contribution in [0.5, 0.6) is 11.5 Å². The van der Waals surface area contributed by atoms with Crippen molar-refractivity contribution in [3.63, 3.8) is 0 Å². The molecule has 1 atom stereocenters. The molecule has 1 fully saturated rings. The second kappa shape index (κ2) is 16.5. The van der Waals surface area contributed by atoms with Crippen molar-refractivity contribution in [3.8, 4) is 11.5 Å². The van der Waals surface area contributed by atoms with Gasteiger partial charge in [0.25, 0.3) is 11.8 Å². The first-order chi connectivity index (χ1) is 25.1. The Balaban J connectivity index is 1.21. The van der Waals surface area contributed by atoms with Gasteiger partial charge in [-0.2, -0.15) is 0 Å². The van der Waals surface area contributed by atoms with Crippen LogP contribution in [0.4, 0.5) is 0 Å². The summed E-state index contributed by atoms with van der Waals surface area (Å²) in [5, 5.41) is 0. The maximum absolute atomic E-state index is 14.6. The molecule has 0 radical (unpaired) electrons. The number of rotatable bonds is 13. The molecule has 2 aliphatic rings. The molecular formula is C43H42N2O6. The lowest BCUT2D eigenvalue weighted by molar-refractivity contribution is -0.169. The van der Waals surface area contributed by atoms with Gasteiger partial charge in [0.1, 0.15) is 0 Å². The minimum Gasteiger partial charge on any atom is -0.454 e. The first-order valence-electron chi connectivity index (χ1n) is 17.5. The molecule has 51 heavy (non-hydrogen) atoms. The van der Waals surface area contributed by atoms with Gasteiger partial charge in [-0.3, -0.25) is 9.59 Å². The molecular weight excluding hydrogens is 640 g/mol. The Kier molecular flexibility index (Phi) is 11.0. The van der Waals surface area contributed by atoms with E-state index in [9.17, 15) is 9.59 Å². The summed E-state index contributed by atoms with van der Waals surface area (Å²) >= 11 is 0. The van der Waals surface area contributed by atoms with Gasteiger partial charge < -0.3 is 28.7 Å². The SMILES string of the molecule is O=C(c1ccc(C(=O)N(Cc2ccccc2)Cc2ccc3c(c2)OCO3)c(COC2CCCCO2)c1)N(Cc1ccccc1)Cc1ccccc1. The molecule has 0 aliphatic carbocycles. The highest BCUT2D eigenvalue weighted by Gasteiger charge is 2.25. The van der Waals surface area contributed by atoms with Gasteiger partial charge in [0.15, 0.2) is 17.8 Å². The summed E-state index contributed by atoms with van der Waals surface area (Å²) in [6, 6.07) is 41.0. The average molecular weight is 683 g/mol. The summed E-state index contributed by atoms with van der Waals surface area (Å²) in [5.41, 5.74) is 5.61. The third kappa shape index (κ3) is 8.84. The van der Waals surface area contributed by atoms with Crippen molar-refractivity contribution < 1.29 is 28.5 Å². The molecule has 1 saturated heterocycles. The van der Waals surface area contributed by atoms with Crippen LogP contribution in [-0.2, 0) is 42.3 Å². The molecule has 0 N–H and O–H groups in total. The van der Waals surface area contributed by atoms with E-state index in [0.717, 1.165) is 41.5 Å². The normalized spacial score (nSPS) is 14.9. The number of fused-ring (bicyclic) bond motifs is 1. The molecule has 0 spiro atoms. The Labute approximate surface area is 299 Å². The summed E-state index contributed by atoms with van der Waals surface area (Å²) in [4.78, 5) is 32.7. The monoisotopic (exact) mass is 682 g/mol. The van der Waals surface area contributed by atoms with Crippen molar-refractivity contribution >= 4 is 11.8 Å². The van der Waals surface area contributed by atoms with Gasteiger partial charge in [-0.1, -0.05) is 97.1 Å². The number of hydrogen-bond donors (Lipinski definition) is 0. The van der Waals surface area contributed by atoms with Crippen LogP contribution >= 0.6 is 0 Å². The van der Waals surface area contributed by atoms with Crippen molar-refractivity contribution in [2.24, 2.45) is 0 Å². The van der Waals surface area contributed by atoms with Crippen molar-refractivity contribution in [2.75, 3.05) is 13.4 Å². The summed E-state index contributed by atoms with van der Waals surface area (Å²) < 4.78 is 23.3. The summed E-state index contributed by atoms with van der Waals surface area (Å²) in [7, 11) is 0. The zero-order chi connectivity index (χ0) is 34.8. The quantitative estimate of drug-likeness (QED) is 0.125. The van der Waals surface area contributed by atoms with E-state index >= 15 is 0 Å². The molecule has 260 valence electrons. The molecule has 0 bridgehead atoms. The zero-order valence-electron chi connectivity index (χ0n) is 28.6. The average Bonchev–Trinajstić information content (AvgIpc) is 3.66. The largest absolute Gasteiger partial charge is 0.454 e. The number of nitrogens with zero attached hydrogens (tertiary/aromatic N) is 2. The predicted molar refractivity (Wildman–Crippen MR) is 194 cm³/mol. The zero-order valence-corrected chi connectivity index (χ0v) is 28.6. The Morgan fingerprint density at radius 1 is 0.608 bits per heavy atom. The van der Waals surface area contributed by atoms with Crippen LogP contribution in [0.25, 0.3) is 0 Å². The molecule has 5 aromatic rings. The van der Waals surface area contributed by atoms with Crippen LogP contribution in [-0.4, -0.2) is 41.3 Å². The minimum absolute atomic E-state index is 0.127. The van der Waals surface area contributed by atoms with E-state index < -0.39 is 0 Å². The smallest absolute Gasteiger partial charge is 0.254 e. The third-order valence-corrected chi connectivity index (χ3v) is 9.18. The lowest BCUT2D eigenvalue weighted by Gasteiger charge is -2.27. The van der Waals surface area contributed by atoms with Crippen molar-refractivity contribution in [2.45, 2.75) is 58.3 Å². The van der Waals surface area contributed by atoms with E-state index in [1.165, 1.54) is 0 Å². The highest BCUT2D eigenvalue weighted by Crippen LogP contribution is 2.33. The highest BCUT2D eigenvalue weighted by atomic mass is 16.7. The van der Waals surface area contributed by atoms with Gasteiger partial charge in [0, 0.05) is 43.9 Å². The van der Waals surface area contributed by atoms with Crippen LogP contribution in [0.15, 0.2) is 127 Å². The molecule has 2 amide bonds. The lowest BCUT2D eigenvalue weighted by atomic mass is 10.0. The number of benzene rings is 5. The fourth-order valence-corrected chi connectivity index (χ4v) is 6.50. The van der Waals surface area contributed by atoms with Crippen molar-refractivity contribution in [1.82, 2.24) is 9.80 Å². The Hall–Kier alpha value is -5.44. The van der Waals surface area contributed by atoms with Crippen LogP contribution < -0.4 is 9.47 Å². The summed E-state index contributed by atoms with van der Waals surface area (Å²) in [6.45, 7) is 2.58. The van der Waals surface area contributed by atoms with Gasteiger partial charge in [0.05, 0.1) is 6.61 Å². The number of carbonyl (C=O) groups is 2. The van der Waals surface area contributed by atoms with Crippen LogP contribution in [0.2, 0.25) is 0 Å². The van der Waals surface area contributed by atoms with Gasteiger partial charge >= 0.3 is 0 Å². The fraction of sp³-hybridized carbons (Fsp3) is 0.256.